The Morgan fingerprint density at radius 3 is 2.19 bits per heavy atom. The fourth-order valence-electron chi connectivity index (χ4n) is 1.94. The fraction of sp³-hybridized carbons (Fsp3) is 0.200. The van der Waals surface area contributed by atoms with Gasteiger partial charge in [-0.05, 0) is 35.4 Å². The quantitative estimate of drug-likeness (QED) is 0.567. The number of methoxy groups -OCH3 is 2. The van der Waals surface area contributed by atoms with Crippen LogP contribution in [0.5, 0.6) is 11.5 Å². The van der Waals surface area contributed by atoms with Gasteiger partial charge in [0.1, 0.15) is 0 Å². The maximum Gasteiger partial charge on any atom is 0.162 e. The molecule has 2 rings (SSSR count). The molecular formula is C15H12BrCl3O2. The molecule has 0 bridgehead atoms. The molecule has 0 heterocycles. The summed E-state index contributed by atoms with van der Waals surface area (Å²) in [6, 6.07) is 8.89. The van der Waals surface area contributed by atoms with Crippen molar-refractivity contribution in [1.82, 2.24) is 0 Å². The zero-order valence-electron chi connectivity index (χ0n) is 11.3. The molecule has 0 amide bonds. The highest BCUT2D eigenvalue weighted by Crippen LogP contribution is 2.42. The standard InChI is InChI=1S/C15H12BrCl3O2/c1-20-13-6-10(12(18)7-14(13)21-2)15(19)9-5-8(17)3-4-11(9)16/h3-7,15H,1-2H3. The molecule has 6 heteroatoms. The Balaban J connectivity index is 2.52. The second-order valence-corrected chi connectivity index (χ2v) is 6.39. The number of halogens is 4. The molecule has 0 fully saturated rings. The summed E-state index contributed by atoms with van der Waals surface area (Å²) in [4.78, 5) is 0. The monoisotopic (exact) mass is 408 g/mol. The van der Waals surface area contributed by atoms with Gasteiger partial charge in [0.15, 0.2) is 11.5 Å². The predicted octanol–water partition coefficient (Wildman–Crippen LogP) is 6.10. The first kappa shape index (κ1) is 16.8. The van der Waals surface area contributed by atoms with Gasteiger partial charge in [-0.1, -0.05) is 39.1 Å². The third kappa shape index (κ3) is 3.59. The minimum absolute atomic E-state index is 0.467. The summed E-state index contributed by atoms with van der Waals surface area (Å²) in [7, 11) is 3.12. The first-order valence-corrected chi connectivity index (χ1v) is 7.97. The fourth-order valence-corrected chi connectivity index (χ4v) is 3.41. The lowest BCUT2D eigenvalue weighted by atomic mass is 10.0. The molecule has 0 aliphatic heterocycles. The minimum Gasteiger partial charge on any atom is -0.493 e. The average molecular weight is 411 g/mol. The highest BCUT2D eigenvalue weighted by molar-refractivity contribution is 9.10. The van der Waals surface area contributed by atoms with Gasteiger partial charge in [-0.3, -0.25) is 0 Å². The Morgan fingerprint density at radius 1 is 0.952 bits per heavy atom. The molecule has 0 aromatic heterocycles. The van der Waals surface area contributed by atoms with E-state index in [4.69, 9.17) is 44.3 Å². The second-order valence-electron chi connectivity index (χ2n) is 4.26. The normalized spacial score (nSPS) is 12.1. The van der Waals surface area contributed by atoms with Crippen molar-refractivity contribution in [2.24, 2.45) is 0 Å². The van der Waals surface area contributed by atoms with Gasteiger partial charge in [-0.2, -0.15) is 0 Å². The molecule has 0 radical (unpaired) electrons. The third-order valence-corrected chi connectivity index (χ3v) is 4.76. The van der Waals surface area contributed by atoms with E-state index < -0.39 is 5.38 Å². The smallest absolute Gasteiger partial charge is 0.162 e. The van der Waals surface area contributed by atoms with Crippen molar-refractivity contribution in [3.05, 3.63) is 56.0 Å². The Morgan fingerprint density at radius 2 is 1.57 bits per heavy atom. The van der Waals surface area contributed by atoms with Crippen LogP contribution in [0.1, 0.15) is 16.5 Å². The van der Waals surface area contributed by atoms with Crippen LogP contribution in [-0.2, 0) is 0 Å². The summed E-state index contributed by atoms with van der Waals surface area (Å²) in [5.41, 5.74) is 1.55. The summed E-state index contributed by atoms with van der Waals surface area (Å²) in [5.74, 6) is 1.13. The van der Waals surface area contributed by atoms with Crippen LogP contribution in [0.3, 0.4) is 0 Å². The number of hydrogen-bond donors (Lipinski definition) is 0. The Labute approximate surface area is 147 Å². The molecule has 21 heavy (non-hydrogen) atoms. The van der Waals surface area contributed by atoms with E-state index in [0.717, 1.165) is 15.6 Å². The Hall–Kier alpha value is -0.610. The molecule has 0 aliphatic carbocycles. The molecule has 0 N–H and O–H groups in total. The summed E-state index contributed by atoms with van der Waals surface area (Å²) < 4.78 is 11.4. The number of alkyl halides is 1. The lowest BCUT2D eigenvalue weighted by molar-refractivity contribution is 0.354. The maximum atomic E-state index is 6.57. The molecule has 0 spiro atoms. The van der Waals surface area contributed by atoms with Crippen LogP contribution in [0.4, 0.5) is 0 Å². The van der Waals surface area contributed by atoms with E-state index >= 15 is 0 Å². The molecule has 0 saturated carbocycles. The SMILES string of the molecule is COc1cc(Cl)c(C(Cl)c2cc(Cl)ccc2Br)cc1OC. The van der Waals surface area contributed by atoms with E-state index in [9.17, 15) is 0 Å². The second kappa shape index (κ2) is 7.10. The van der Waals surface area contributed by atoms with Crippen LogP contribution >= 0.6 is 50.7 Å². The lowest BCUT2D eigenvalue weighted by Gasteiger charge is -2.17. The van der Waals surface area contributed by atoms with Crippen LogP contribution in [0, 0.1) is 0 Å². The lowest BCUT2D eigenvalue weighted by Crippen LogP contribution is -1.99. The number of rotatable bonds is 4. The predicted molar refractivity (Wildman–Crippen MR) is 91.4 cm³/mol. The van der Waals surface area contributed by atoms with Gasteiger partial charge >= 0.3 is 0 Å². The Kier molecular flexibility index (Phi) is 5.67. The molecule has 2 nitrogen and oxygen atoms in total. The van der Waals surface area contributed by atoms with Crippen LogP contribution < -0.4 is 9.47 Å². The molecule has 1 atom stereocenters. The summed E-state index contributed by atoms with van der Waals surface area (Å²) in [6.45, 7) is 0. The van der Waals surface area contributed by atoms with E-state index in [2.05, 4.69) is 15.9 Å². The highest BCUT2D eigenvalue weighted by atomic mass is 79.9. The van der Waals surface area contributed by atoms with E-state index in [1.54, 1.807) is 38.5 Å². The number of ether oxygens (including phenoxy) is 2. The van der Waals surface area contributed by atoms with Crippen molar-refractivity contribution < 1.29 is 9.47 Å². The molecule has 112 valence electrons. The van der Waals surface area contributed by atoms with Crippen LogP contribution in [0.15, 0.2) is 34.8 Å². The van der Waals surface area contributed by atoms with Gasteiger partial charge in [-0.15, -0.1) is 11.6 Å². The zero-order valence-corrected chi connectivity index (χ0v) is 15.1. The topological polar surface area (TPSA) is 18.5 Å². The van der Waals surface area contributed by atoms with Crippen molar-refractivity contribution in [1.29, 1.82) is 0 Å². The van der Waals surface area contributed by atoms with Crippen LogP contribution in [-0.4, -0.2) is 14.2 Å². The summed E-state index contributed by atoms with van der Waals surface area (Å²) in [6.07, 6.45) is 0. The summed E-state index contributed by atoms with van der Waals surface area (Å²) >= 11 is 22.4. The van der Waals surface area contributed by atoms with Gasteiger partial charge < -0.3 is 9.47 Å². The molecule has 0 aliphatic rings. The van der Waals surface area contributed by atoms with E-state index in [-0.39, 0.29) is 0 Å². The number of hydrogen-bond acceptors (Lipinski definition) is 2. The third-order valence-electron chi connectivity index (χ3n) is 3.01. The first-order chi connectivity index (χ1) is 9.97. The molecule has 0 saturated heterocycles. The van der Waals surface area contributed by atoms with Crippen molar-refractivity contribution in [2.75, 3.05) is 14.2 Å². The van der Waals surface area contributed by atoms with E-state index in [0.29, 0.717) is 21.5 Å². The van der Waals surface area contributed by atoms with E-state index in [1.807, 2.05) is 6.07 Å². The van der Waals surface area contributed by atoms with Crippen LogP contribution in [0.2, 0.25) is 10.0 Å². The van der Waals surface area contributed by atoms with E-state index in [1.165, 1.54) is 0 Å². The van der Waals surface area contributed by atoms with Gasteiger partial charge in [-0.25, -0.2) is 0 Å². The molecular weight excluding hydrogens is 398 g/mol. The molecule has 1 unspecified atom stereocenters. The van der Waals surface area contributed by atoms with Crippen LogP contribution in [0.25, 0.3) is 0 Å². The van der Waals surface area contributed by atoms with Gasteiger partial charge in [0.2, 0.25) is 0 Å². The largest absolute Gasteiger partial charge is 0.493 e. The molecule has 2 aromatic rings. The van der Waals surface area contributed by atoms with Crippen molar-refractivity contribution in [2.45, 2.75) is 5.38 Å². The van der Waals surface area contributed by atoms with Gasteiger partial charge in [0, 0.05) is 20.6 Å². The zero-order chi connectivity index (χ0) is 15.6. The summed E-state index contributed by atoms with van der Waals surface area (Å²) in [5, 5.41) is 0.639. The van der Waals surface area contributed by atoms with Crippen molar-refractivity contribution in [3.8, 4) is 11.5 Å². The van der Waals surface area contributed by atoms with Crippen molar-refractivity contribution in [3.63, 3.8) is 0 Å². The van der Waals surface area contributed by atoms with Gasteiger partial charge in [0.25, 0.3) is 0 Å². The molecule has 2 aromatic carbocycles. The maximum absolute atomic E-state index is 6.57. The van der Waals surface area contributed by atoms with Gasteiger partial charge in [0.05, 0.1) is 19.6 Å². The van der Waals surface area contributed by atoms with Crippen molar-refractivity contribution >= 4 is 50.7 Å². The minimum atomic E-state index is -0.467. The number of benzene rings is 2. The highest BCUT2D eigenvalue weighted by Gasteiger charge is 2.20. The average Bonchev–Trinajstić information content (AvgIpc) is 2.48. The first-order valence-electron chi connectivity index (χ1n) is 5.98. The Bertz CT molecular complexity index is 662.